The van der Waals surface area contributed by atoms with Gasteiger partial charge in [-0.2, -0.15) is 0 Å². The third-order valence-electron chi connectivity index (χ3n) is 2.22. The number of hydrogen-bond donors (Lipinski definition) is 2. The van der Waals surface area contributed by atoms with Gasteiger partial charge in [0.1, 0.15) is 0 Å². The zero-order valence-corrected chi connectivity index (χ0v) is 8.68. The predicted octanol–water partition coefficient (Wildman–Crippen LogP) is 1.42. The summed E-state index contributed by atoms with van der Waals surface area (Å²) in [6.45, 7) is 1.68. The van der Waals surface area contributed by atoms with Crippen molar-refractivity contribution in [1.82, 2.24) is 5.43 Å². The van der Waals surface area contributed by atoms with Gasteiger partial charge in [0.05, 0.1) is 12.6 Å². The maximum Gasteiger partial charge on any atom is 0.164 e. The van der Waals surface area contributed by atoms with Gasteiger partial charge in [-0.3, -0.25) is 11.3 Å². The molecule has 5 heteroatoms. The van der Waals surface area contributed by atoms with E-state index in [1.165, 1.54) is 26.2 Å². The van der Waals surface area contributed by atoms with Gasteiger partial charge in [-0.15, -0.1) is 0 Å². The molecular formula is C10H14F2N2O. The molecule has 1 rings (SSSR count). The van der Waals surface area contributed by atoms with Gasteiger partial charge in [-0.1, -0.05) is 12.1 Å². The summed E-state index contributed by atoms with van der Waals surface area (Å²) in [6.07, 6.45) is 0. The van der Waals surface area contributed by atoms with Crippen LogP contribution in [-0.4, -0.2) is 13.7 Å². The van der Waals surface area contributed by atoms with E-state index in [9.17, 15) is 8.78 Å². The number of ether oxygens (including phenoxy) is 1. The molecule has 0 aromatic heterocycles. The van der Waals surface area contributed by atoms with E-state index >= 15 is 0 Å². The van der Waals surface area contributed by atoms with Crippen molar-refractivity contribution in [2.75, 3.05) is 13.7 Å². The van der Waals surface area contributed by atoms with E-state index in [0.29, 0.717) is 0 Å². The second kappa shape index (κ2) is 5.16. The highest BCUT2D eigenvalue weighted by Gasteiger charge is 2.18. The van der Waals surface area contributed by atoms with Crippen LogP contribution in [0.1, 0.15) is 17.2 Å². The van der Waals surface area contributed by atoms with Gasteiger partial charge < -0.3 is 4.74 Å². The highest BCUT2D eigenvalue weighted by Crippen LogP contribution is 2.21. The monoisotopic (exact) mass is 216 g/mol. The van der Waals surface area contributed by atoms with Crippen LogP contribution in [0.4, 0.5) is 8.78 Å². The van der Waals surface area contributed by atoms with E-state index in [-0.39, 0.29) is 17.7 Å². The van der Waals surface area contributed by atoms with Crippen molar-refractivity contribution in [3.63, 3.8) is 0 Å². The molecule has 0 fully saturated rings. The molecule has 0 radical (unpaired) electrons. The summed E-state index contributed by atoms with van der Waals surface area (Å²) in [4.78, 5) is 0. The van der Waals surface area contributed by atoms with E-state index in [4.69, 9.17) is 10.6 Å². The first kappa shape index (κ1) is 12.0. The molecule has 1 aromatic carbocycles. The lowest BCUT2D eigenvalue weighted by molar-refractivity contribution is 0.165. The van der Waals surface area contributed by atoms with Crippen molar-refractivity contribution >= 4 is 0 Å². The molecule has 0 saturated heterocycles. The number of rotatable bonds is 4. The minimum absolute atomic E-state index is 0.169. The summed E-state index contributed by atoms with van der Waals surface area (Å²) >= 11 is 0. The maximum absolute atomic E-state index is 13.5. The molecule has 1 atom stereocenters. The van der Waals surface area contributed by atoms with Crippen LogP contribution in [-0.2, 0) is 4.74 Å². The average molecular weight is 216 g/mol. The summed E-state index contributed by atoms with van der Waals surface area (Å²) in [5, 5.41) is 0. The van der Waals surface area contributed by atoms with Crippen LogP contribution < -0.4 is 11.3 Å². The largest absolute Gasteiger partial charge is 0.383 e. The Balaban J connectivity index is 3.07. The molecule has 0 spiro atoms. The molecule has 0 aliphatic carbocycles. The molecule has 1 unspecified atom stereocenters. The van der Waals surface area contributed by atoms with Crippen LogP contribution in [0.15, 0.2) is 12.1 Å². The highest BCUT2D eigenvalue weighted by atomic mass is 19.2. The van der Waals surface area contributed by atoms with Gasteiger partial charge in [-0.05, 0) is 12.5 Å². The molecule has 0 saturated carbocycles. The quantitative estimate of drug-likeness (QED) is 0.591. The van der Waals surface area contributed by atoms with Crippen molar-refractivity contribution in [2.24, 2.45) is 5.84 Å². The number of nitrogens with one attached hydrogen (secondary N) is 1. The van der Waals surface area contributed by atoms with E-state index in [0.717, 1.165) is 0 Å². The van der Waals surface area contributed by atoms with Gasteiger partial charge in [0.15, 0.2) is 11.6 Å². The summed E-state index contributed by atoms with van der Waals surface area (Å²) in [5.74, 6) is 3.51. The minimum atomic E-state index is -0.880. The maximum atomic E-state index is 13.5. The first-order valence-electron chi connectivity index (χ1n) is 4.51. The Labute approximate surface area is 87.2 Å². The third kappa shape index (κ3) is 2.50. The molecule has 0 aliphatic heterocycles. The van der Waals surface area contributed by atoms with E-state index in [1.54, 1.807) is 0 Å². The number of methoxy groups -OCH3 is 1. The Kier molecular flexibility index (Phi) is 4.14. The summed E-state index contributed by atoms with van der Waals surface area (Å²) in [7, 11) is 1.47. The fourth-order valence-corrected chi connectivity index (χ4v) is 1.32. The van der Waals surface area contributed by atoms with Crippen LogP contribution in [0, 0.1) is 18.6 Å². The molecule has 0 heterocycles. The molecule has 0 aliphatic rings. The van der Waals surface area contributed by atoms with Crippen LogP contribution in [0.2, 0.25) is 0 Å². The second-order valence-corrected chi connectivity index (χ2v) is 3.27. The molecule has 0 bridgehead atoms. The summed E-state index contributed by atoms with van der Waals surface area (Å²) < 4.78 is 31.6. The van der Waals surface area contributed by atoms with Crippen LogP contribution in [0.5, 0.6) is 0 Å². The fraction of sp³-hybridized carbons (Fsp3) is 0.400. The van der Waals surface area contributed by atoms with Crippen molar-refractivity contribution in [3.05, 3.63) is 34.9 Å². The van der Waals surface area contributed by atoms with Gasteiger partial charge in [0.25, 0.3) is 0 Å². The highest BCUT2D eigenvalue weighted by molar-refractivity contribution is 5.27. The summed E-state index contributed by atoms with van der Waals surface area (Å²) in [5.41, 5.74) is 2.81. The smallest absolute Gasteiger partial charge is 0.164 e. The zero-order valence-electron chi connectivity index (χ0n) is 8.68. The SMILES string of the molecule is COCC(NN)c1ccc(C)c(F)c1F. The lowest BCUT2D eigenvalue weighted by atomic mass is 10.0. The number of aryl methyl sites for hydroxylation is 1. The van der Waals surface area contributed by atoms with Crippen molar-refractivity contribution in [2.45, 2.75) is 13.0 Å². The Morgan fingerprint density at radius 3 is 2.60 bits per heavy atom. The number of benzene rings is 1. The second-order valence-electron chi connectivity index (χ2n) is 3.27. The van der Waals surface area contributed by atoms with Crippen LogP contribution in [0.3, 0.4) is 0 Å². The van der Waals surface area contributed by atoms with Crippen molar-refractivity contribution in [3.8, 4) is 0 Å². The number of nitrogens with two attached hydrogens (primary N) is 1. The van der Waals surface area contributed by atoms with Gasteiger partial charge in [0, 0.05) is 12.7 Å². The van der Waals surface area contributed by atoms with E-state index in [2.05, 4.69) is 5.43 Å². The van der Waals surface area contributed by atoms with Crippen LogP contribution in [0.25, 0.3) is 0 Å². The minimum Gasteiger partial charge on any atom is -0.383 e. The molecule has 0 amide bonds. The van der Waals surface area contributed by atoms with E-state index in [1.807, 2.05) is 0 Å². The number of halogens is 2. The fourth-order valence-electron chi connectivity index (χ4n) is 1.32. The lowest BCUT2D eigenvalue weighted by Gasteiger charge is -2.16. The Bertz CT molecular complexity index is 344. The van der Waals surface area contributed by atoms with Gasteiger partial charge in [-0.25, -0.2) is 8.78 Å². The topological polar surface area (TPSA) is 47.3 Å². The third-order valence-corrected chi connectivity index (χ3v) is 2.22. The van der Waals surface area contributed by atoms with Crippen molar-refractivity contribution in [1.29, 1.82) is 0 Å². The van der Waals surface area contributed by atoms with Gasteiger partial charge in [0.2, 0.25) is 0 Å². The Morgan fingerprint density at radius 1 is 1.40 bits per heavy atom. The number of hydrazine groups is 1. The number of hydrogen-bond acceptors (Lipinski definition) is 3. The molecule has 15 heavy (non-hydrogen) atoms. The predicted molar refractivity (Wildman–Crippen MR) is 53.0 cm³/mol. The summed E-state index contributed by atoms with van der Waals surface area (Å²) in [6, 6.07) is 2.45. The lowest BCUT2D eigenvalue weighted by Crippen LogP contribution is -2.32. The molecule has 84 valence electrons. The van der Waals surface area contributed by atoms with Crippen molar-refractivity contribution < 1.29 is 13.5 Å². The molecule has 1 aromatic rings. The van der Waals surface area contributed by atoms with Gasteiger partial charge >= 0.3 is 0 Å². The van der Waals surface area contributed by atoms with E-state index < -0.39 is 17.7 Å². The Morgan fingerprint density at radius 2 is 2.07 bits per heavy atom. The zero-order chi connectivity index (χ0) is 11.4. The molecule has 3 nitrogen and oxygen atoms in total. The molecular weight excluding hydrogens is 202 g/mol. The standard InChI is InChI=1S/C10H14F2N2O/c1-6-3-4-7(10(12)9(6)11)8(14-13)5-15-2/h3-4,8,14H,5,13H2,1-2H3. The normalized spacial score (nSPS) is 12.9. The first-order chi connectivity index (χ1) is 7.11. The molecule has 3 N–H and O–H groups in total. The van der Waals surface area contributed by atoms with Crippen LogP contribution >= 0.6 is 0 Å². The average Bonchev–Trinajstić information content (AvgIpc) is 2.24. The first-order valence-corrected chi connectivity index (χ1v) is 4.51. The Hall–Kier alpha value is -1.04.